The Hall–Kier alpha value is -0.520. The van der Waals surface area contributed by atoms with Crippen LogP contribution in [-0.4, -0.2) is 55.0 Å². The zero-order valence-electron chi connectivity index (χ0n) is 15.7. The maximum absolute atomic E-state index is 13.0. The SMILES string of the molecule is Cl.Cl.O=C(C1CC12CCNCC2)N1CCCN(Cc2ccc(Cl)cc2)CC1. The van der Waals surface area contributed by atoms with Crippen molar-refractivity contribution in [2.24, 2.45) is 11.3 Å². The van der Waals surface area contributed by atoms with Gasteiger partial charge >= 0.3 is 0 Å². The second kappa shape index (κ2) is 9.80. The molecule has 7 heteroatoms. The van der Waals surface area contributed by atoms with Crippen molar-refractivity contribution < 1.29 is 4.79 Å². The Kier molecular flexibility index (Phi) is 8.26. The molecule has 0 radical (unpaired) electrons. The molecule has 1 atom stereocenters. The van der Waals surface area contributed by atoms with E-state index in [1.165, 1.54) is 18.4 Å². The number of piperidine rings is 1. The monoisotopic (exact) mass is 433 g/mol. The molecule has 27 heavy (non-hydrogen) atoms. The van der Waals surface area contributed by atoms with Gasteiger partial charge in [0.1, 0.15) is 0 Å². The standard InChI is InChI=1S/C20H28ClN3O.2ClH/c21-17-4-2-16(3-5-17)15-23-10-1-11-24(13-12-23)19(25)18-14-20(18)6-8-22-9-7-20;;/h2-5,18,22H,1,6-15H2;2*1H. The smallest absolute Gasteiger partial charge is 0.226 e. The molecule has 1 aliphatic carbocycles. The third-order valence-corrected chi connectivity index (χ3v) is 6.56. The second-order valence-electron chi connectivity index (χ2n) is 7.95. The molecule has 2 saturated heterocycles. The van der Waals surface area contributed by atoms with E-state index < -0.39 is 0 Å². The molecule has 1 amide bonds. The third-order valence-electron chi connectivity index (χ3n) is 6.31. The summed E-state index contributed by atoms with van der Waals surface area (Å²) in [5.74, 6) is 0.729. The third kappa shape index (κ3) is 5.30. The maximum Gasteiger partial charge on any atom is 0.226 e. The van der Waals surface area contributed by atoms with Crippen LogP contribution in [0.1, 0.15) is 31.2 Å². The summed E-state index contributed by atoms with van der Waals surface area (Å²) < 4.78 is 0. The number of carbonyl (C=O) groups excluding carboxylic acids is 1. The summed E-state index contributed by atoms with van der Waals surface area (Å²) in [7, 11) is 0. The van der Waals surface area contributed by atoms with Gasteiger partial charge in [0.2, 0.25) is 5.91 Å². The fourth-order valence-corrected chi connectivity index (χ4v) is 4.72. The Bertz CT molecular complexity index is 619. The van der Waals surface area contributed by atoms with Crippen molar-refractivity contribution in [1.29, 1.82) is 0 Å². The van der Waals surface area contributed by atoms with E-state index >= 15 is 0 Å². The van der Waals surface area contributed by atoms with Crippen LogP contribution < -0.4 is 5.32 Å². The van der Waals surface area contributed by atoms with Crippen molar-refractivity contribution in [2.45, 2.75) is 32.2 Å². The first kappa shape index (κ1) is 22.8. The van der Waals surface area contributed by atoms with Crippen LogP contribution >= 0.6 is 36.4 Å². The number of halogens is 3. The lowest BCUT2D eigenvalue weighted by Crippen LogP contribution is -2.38. The minimum atomic E-state index is 0. The summed E-state index contributed by atoms with van der Waals surface area (Å²) in [4.78, 5) is 17.6. The van der Waals surface area contributed by atoms with Gasteiger partial charge in [0.25, 0.3) is 0 Å². The lowest BCUT2D eigenvalue weighted by atomic mass is 9.91. The van der Waals surface area contributed by atoms with Gasteiger partial charge in [-0.1, -0.05) is 23.7 Å². The zero-order valence-corrected chi connectivity index (χ0v) is 18.1. The topological polar surface area (TPSA) is 35.6 Å². The molecule has 1 saturated carbocycles. The highest BCUT2D eigenvalue weighted by Crippen LogP contribution is 2.59. The number of benzene rings is 1. The summed E-state index contributed by atoms with van der Waals surface area (Å²) >= 11 is 5.97. The Morgan fingerprint density at radius 2 is 1.78 bits per heavy atom. The molecular formula is C20H30Cl3N3O. The van der Waals surface area contributed by atoms with Crippen LogP contribution in [-0.2, 0) is 11.3 Å². The van der Waals surface area contributed by atoms with Crippen molar-refractivity contribution >= 4 is 42.3 Å². The quantitative estimate of drug-likeness (QED) is 0.789. The van der Waals surface area contributed by atoms with E-state index in [1.54, 1.807) is 0 Å². The van der Waals surface area contributed by atoms with Gasteiger partial charge in [0.15, 0.2) is 0 Å². The average Bonchev–Trinajstić information content (AvgIpc) is 3.36. The molecule has 3 aliphatic rings. The molecule has 4 rings (SSSR count). The number of hydrogen-bond donors (Lipinski definition) is 1. The van der Waals surface area contributed by atoms with E-state index in [-0.39, 0.29) is 24.8 Å². The number of carbonyl (C=O) groups is 1. The Morgan fingerprint density at radius 3 is 2.48 bits per heavy atom. The molecule has 2 heterocycles. The van der Waals surface area contributed by atoms with Gasteiger partial charge in [-0.2, -0.15) is 0 Å². The number of amides is 1. The lowest BCUT2D eigenvalue weighted by molar-refractivity contribution is -0.133. The molecule has 0 bridgehead atoms. The van der Waals surface area contributed by atoms with Crippen LogP contribution in [0, 0.1) is 11.3 Å². The van der Waals surface area contributed by atoms with E-state index in [1.807, 2.05) is 12.1 Å². The summed E-state index contributed by atoms with van der Waals surface area (Å²) in [6.07, 6.45) is 4.55. The van der Waals surface area contributed by atoms with Crippen molar-refractivity contribution in [3.8, 4) is 0 Å². The lowest BCUT2D eigenvalue weighted by Gasteiger charge is -2.26. The van der Waals surface area contributed by atoms with Crippen LogP contribution in [0.3, 0.4) is 0 Å². The second-order valence-corrected chi connectivity index (χ2v) is 8.39. The summed E-state index contributed by atoms with van der Waals surface area (Å²) in [5.41, 5.74) is 1.64. The highest BCUT2D eigenvalue weighted by atomic mass is 35.5. The van der Waals surface area contributed by atoms with Crippen LogP contribution in [0.5, 0.6) is 0 Å². The molecule has 2 aliphatic heterocycles. The highest BCUT2D eigenvalue weighted by molar-refractivity contribution is 6.30. The van der Waals surface area contributed by atoms with E-state index in [9.17, 15) is 4.79 Å². The largest absolute Gasteiger partial charge is 0.341 e. The van der Waals surface area contributed by atoms with Crippen molar-refractivity contribution in [2.75, 3.05) is 39.3 Å². The van der Waals surface area contributed by atoms with Gasteiger partial charge in [-0.05, 0) is 61.9 Å². The summed E-state index contributed by atoms with van der Waals surface area (Å²) in [6.45, 7) is 6.93. The predicted octanol–water partition coefficient (Wildman–Crippen LogP) is 3.61. The van der Waals surface area contributed by atoms with Crippen LogP contribution in [0.25, 0.3) is 0 Å². The normalized spacial score (nSPS) is 24.5. The van der Waals surface area contributed by atoms with E-state index in [4.69, 9.17) is 11.6 Å². The Morgan fingerprint density at radius 1 is 1.07 bits per heavy atom. The Balaban J connectivity index is 0.00000131. The van der Waals surface area contributed by atoms with Gasteiger partial charge < -0.3 is 10.2 Å². The number of rotatable bonds is 3. The van der Waals surface area contributed by atoms with Gasteiger partial charge in [0, 0.05) is 43.7 Å². The van der Waals surface area contributed by atoms with E-state index in [2.05, 4.69) is 27.2 Å². The highest BCUT2D eigenvalue weighted by Gasteiger charge is 2.58. The summed E-state index contributed by atoms with van der Waals surface area (Å²) in [6, 6.07) is 8.11. The van der Waals surface area contributed by atoms with Gasteiger partial charge in [-0.25, -0.2) is 0 Å². The number of hydrogen-bond acceptors (Lipinski definition) is 3. The van der Waals surface area contributed by atoms with Crippen LogP contribution in [0.4, 0.5) is 0 Å². The molecular weight excluding hydrogens is 405 g/mol. The summed E-state index contributed by atoms with van der Waals surface area (Å²) in [5, 5.41) is 4.21. The Labute approximate surface area is 179 Å². The molecule has 1 spiro atoms. The van der Waals surface area contributed by atoms with Crippen LogP contribution in [0.2, 0.25) is 5.02 Å². The first-order valence-electron chi connectivity index (χ1n) is 9.63. The maximum atomic E-state index is 13.0. The fourth-order valence-electron chi connectivity index (χ4n) is 4.59. The molecule has 0 aromatic heterocycles. The molecule has 1 N–H and O–H groups in total. The number of nitrogens with one attached hydrogen (secondary N) is 1. The molecule has 1 aromatic carbocycles. The van der Waals surface area contributed by atoms with E-state index in [0.29, 0.717) is 17.2 Å². The molecule has 152 valence electrons. The van der Waals surface area contributed by atoms with Gasteiger partial charge in [-0.3, -0.25) is 9.69 Å². The first-order chi connectivity index (χ1) is 12.2. The van der Waals surface area contributed by atoms with Crippen molar-refractivity contribution in [3.63, 3.8) is 0 Å². The van der Waals surface area contributed by atoms with E-state index in [0.717, 1.165) is 63.7 Å². The molecule has 4 nitrogen and oxygen atoms in total. The van der Waals surface area contributed by atoms with Crippen molar-refractivity contribution in [3.05, 3.63) is 34.9 Å². The van der Waals surface area contributed by atoms with Crippen LogP contribution in [0.15, 0.2) is 24.3 Å². The first-order valence-corrected chi connectivity index (χ1v) is 10.0. The molecule has 1 unspecified atom stereocenters. The molecule has 1 aromatic rings. The van der Waals surface area contributed by atoms with Crippen molar-refractivity contribution in [1.82, 2.24) is 15.1 Å². The fraction of sp³-hybridized carbons (Fsp3) is 0.650. The van der Waals surface area contributed by atoms with Gasteiger partial charge in [-0.15, -0.1) is 24.8 Å². The predicted molar refractivity (Wildman–Crippen MR) is 115 cm³/mol. The average molecular weight is 435 g/mol. The van der Waals surface area contributed by atoms with Gasteiger partial charge in [0.05, 0.1) is 0 Å². The number of nitrogens with zero attached hydrogens (tertiary/aromatic N) is 2. The minimum absolute atomic E-state index is 0. The minimum Gasteiger partial charge on any atom is -0.341 e. The molecule has 3 fully saturated rings. The zero-order chi connectivity index (χ0) is 17.3.